The standard InChI is InChI=1S/C10H8Cl2O/c11-9-4-5-10(12)8(7-9)3-1-2-6-13/h1,3-7H,2H2/b3-1+. The van der Waals surface area contributed by atoms with Gasteiger partial charge < -0.3 is 4.79 Å². The molecular formula is C10H8Cl2O. The molecule has 0 aromatic heterocycles. The predicted molar refractivity (Wildman–Crippen MR) is 56.2 cm³/mol. The monoisotopic (exact) mass is 214 g/mol. The Morgan fingerprint density at radius 2 is 2.08 bits per heavy atom. The van der Waals surface area contributed by atoms with Gasteiger partial charge in [0.15, 0.2) is 0 Å². The summed E-state index contributed by atoms with van der Waals surface area (Å²) < 4.78 is 0. The summed E-state index contributed by atoms with van der Waals surface area (Å²) in [6.07, 6.45) is 4.74. The summed E-state index contributed by atoms with van der Waals surface area (Å²) in [5.74, 6) is 0. The van der Waals surface area contributed by atoms with Crippen molar-refractivity contribution < 1.29 is 4.79 Å². The van der Waals surface area contributed by atoms with Gasteiger partial charge in [-0.05, 0) is 23.8 Å². The minimum Gasteiger partial charge on any atom is -0.303 e. The van der Waals surface area contributed by atoms with E-state index in [0.717, 1.165) is 11.8 Å². The highest BCUT2D eigenvalue weighted by Gasteiger charge is 1.96. The largest absolute Gasteiger partial charge is 0.303 e. The second-order valence-corrected chi connectivity index (χ2v) is 3.31. The zero-order valence-electron chi connectivity index (χ0n) is 6.84. The van der Waals surface area contributed by atoms with Crippen molar-refractivity contribution in [3.05, 3.63) is 39.9 Å². The number of aldehydes is 1. The third kappa shape index (κ3) is 3.21. The first-order valence-electron chi connectivity index (χ1n) is 3.79. The molecule has 0 N–H and O–H groups in total. The van der Waals surface area contributed by atoms with E-state index in [1.165, 1.54) is 0 Å². The van der Waals surface area contributed by atoms with Crippen molar-refractivity contribution in [3.8, 4) is 0 Å². The molecule has 0 bridgehead atoms. The Kier molecular flexibility index (Phi) is 4.00. The van der Waals surface area contributed by atoms with Crippen molar-refractivity contribution in [2.45, 2.75) is 6.42 Å². The number of benzene rings is 1. The van der Waals surface area contributed by atoms with Crippen LogP contribution in [0.5, 0.6) is 0 Å². The molecule has 3 heteroatoms. The fourth-order valence-corrected chi connectivity index (χ4v) is 1.25. The maximum Gasteiger partial charge on any atom is 0.123 e. The van der Waals surface area contributed by atoms with Crippen molar-refractivity contribution in [2.24, 2.45) is 0 Å². The minimum atomic E-state index is 0.392. The normalized spacial score (nSPS) is 10.6. The van der Waals surface area contributed by atoms with Gasteiger partial charge in [-0.25, -0.2) is 0 Å². The molecule has 1 aromatic carbocycles. The van der Waals surface area contributed by atoms with Crippen LogP contribution in [-0.2, 0) is 4.79 Å². The Morgan fingerprint density at radius 3 is 2.77 bits per heavy atom. The van der Waals surface area contributed by atoms with E-state index in [4.69, 9.17) is 23.2 Å². The highest BCUT2D eigenvalue weighted by atomic mass is 35.5. The van der Waals surface area contributed by atoms with Crippen molar-refractivity contribution >= 4 is 35.6 Å². The summed E-state index contributed by atoms with van der Waals surface area (Å²) in [5.41, 5.74) is 0.830. The van der Waals surface area contributed by atoms with Crippen LogP contribution in [0, 0.1) is 0 Å². The Balaban J connectivity index is 2.86. The van der Waals surface area contributed by atoms with E-state index in [9.17, 15) is 4.79 Å². The molecule has 0 atom stereocenters. The second kappa shape index (κ2) is 5.05. The van der Waals surface area contributed by atoms with Crippen LogP contribution in [0.15, 0.2) is 24.3 Å². The van der Waals surface area contributed by atoms with Gasteiger partial charge in [-0.2, -0.15) is 0 Å². The Labute approximate surface area is 87.0 Å². The summed E-state index contributed by atoms with van der Waals surface area (Å²) in [6.45, 7) is 0. The number of halogens is 2. The topological polar surface area (TPSA) is 17.1 Å². The molecule has 0 saturated carbocycles. The van der Waals surface area contributed by atoms with Crippen LogP contribution in [0.4, 0.5) is 0 Å². The Bertz CT molecular complexity index is 332. The third-order valence-electron chi connectivity index (χ3n) is 1.49. The van der Waals surface area contributed by atoms with E-state index < -0.39 is 0 Å². The molecule has 13 heavy (non-hydrogen) atoms. The Morgan fingerprint density at radius 1 is 1.31 bits per heavy atom. The quantitative estimate of drug-likeness (QED) is 0.704. The molecule has 0 aliphatic heterocycles. The van der Waals surface area contributed by atoms with E-state index in [1.807, 2.05) is 0 Å². The van der Waals surface area contributed by atoms with Gasteiger partial charge in [0.05, 0.1) is 0 Å². The van der Waals surface area contributed by atoms with E-state index >= 15 is 0 Å². The lowest BCUT2D eigenvalue weighted by Gasteiger charge is -1.97. The highest BCUT2D eigenvalue weighted by Crippen LogP contribution is 2.21. The molecule has 0 aliphatic carbocycles. The number of carbonyl (C=O) groups is 1. The number of carbonyl (C=O) groups excluding carboxylic acids is 1. The molecule has 0 amide bonds. The average Bonchev–Trinajstić information content (AvgIpc) is 2.11. The Hall–Kier alpha value is -0.790. The van der Waals surface area contributed by atoms with Gasteiger partial charge >= 0.3 is 0 Å². The van der Waals surface area contributed by atoms with E-state index in [-0.39, 0.29) is 0 Å². The first-order chi connectivity index (χ1) is 6.24. The van der Waals surface area contributed by atoms with Gasteiger partial charge in [0.2, 0.25) is 0 Å². The van der Waals surface area contributed by atoms with Crippen molar-refractivity contribution in [1.82, 2.24) is 0 Å². The molecule has 0 radical (unpaired) electrons. The molecule has 0 spiro atoms. The second-order valence-electron chi connectivity index (χ2n) is 2.47. The van der Waals surface area contributed by atoms with Gasteiger partial charge in [0, 0.05) is 16.5 Å². The molecule has 0 heterocycles. The van der Waals surface area contributed by atoms with Crippen LogP contribution >= 0.6 is 23.2 Å². The van der Waals surface area contributed by atoms with E-state index in [2.05, 4.69) is 0 Å². The lowest BCUT2D eigenvalue weighted by Crippen LogP contribution is -1.75. The number of hydrogen-bond donors (Lipinski definition) is 0. The number of rotatable bonds is 3. The highest BCUT2D eigenvalue weighted by molar-refractivity contribution is 6.34. The fraction of sp³-hybridized carbons (Fsp3) is 0.100. The molecule has 1 rings (SSSR count). The van der Waals surface area contributed by atoms with Crippen molar-refractivity contribution in [3.63, 3.8) is 0 Å². The average molecular weight is 215 g/mol. The summed E-state index contributed by atoms with van der Waals surface area (Å²) in [6, 6.07) is 5.20. The lowest BCUT2D eigenvalue weighted by molar-refractivity contribution is -0.107. The van der Waals surface area contributed by atoms with Gasteiger partial charge in [0.25, 0.3) is 0 Å². The summed E-state index contributed by atoms with van der Waals surface area (Å²) in [5, 5.41) is 1.27. The molecule has 1 nitrogen and oxygen atoms in total. The smallest absolute Gasteiger partial charge is 0.123 e. The number of hydrogen-bond acceptors (Lipinski definition) is 1. The van der Waals surface area contributed by atoms with Crippen molar-refractivity contribution in [1.29, 1.82) is 0 Å². The summed E-state index contributed by atoms with van der Waals surface area (Å²) in [7, 11) is 0. The van der Waals surface area contributed by atoms with E-state index in [1.54, 1.807) is 30.4 Å². The van der Waals surface area contributed by atoms with Gasteiger partial charge in [-0.15, -0.1) is 0 Å². The molecule has 1 aromatic rings. The molecule has 0 fully saturated rings. The first-order valence-corrected chi connectivity index (χ1v) is 4.55. The van der Waals surface area contributed by atoms with Crippen LogP contribution in [0.3, 0.4) is 0 Å². The van der Waals surface area contributed by atoms with Crippen LogP contribution < -0.4 is 0 Å². The minimum absolute atomic E-state index is 0.392. The third-order valence-corrected chi connectivity index (χ3v) is 2.07. The molecule has 0 saturated heterocycles. The zero-order valence-corrected chi connectivity index (χ0v) is 8.35. The fourth-order valence-electron chi connectivity index (χ4n) is 0.893. The van der Waals surface area contributed by atoms with Crippen LogP contribution in [-0.4, -0.2) is 6.29 Å². The zero-order chi connectivity index (χ0) is 9.68. The SMILES string of the molecule is O=CC/C=C/c1cc(Cl)ccc1Cl. The molecular weight excluding hydrogens is 207 g/mol. The molecule has 0 unspecified atom stereocenters. The number of allylic oxidation sites excluding steroid dienone is 1. The van der Waals surface area contributed by atoms with Gasteiger partial charge in [0.1, 0.15) is 6.29 Å². The predicted octanol–water partition coefficient (Wildman–Crippen LogP) is 3.60. The summed E-state index contributed by atoms with van der Waals surface area (Å²) in [4.78, 5) is 10.0. The lowest BCUT2D eigenvalue weighted by atomic mass is 10.2. The van der Waals surface area contributed by atoms with E-state index in [0.29, 0.717) is 16.5 Å². The van der Waals surface area contributed by atoms with Gasteiger partial charge in [-0.3, -0.25) is 0 Å². The van der Waals surface area contributed by atoms with Gasteiger partial charge in [-0.1, -0.05) is 35.4 Å². The molecule has 68 valence electrons. The maximum atomic E-state index is 10.0. The van der Waals surface area contributed by atoms with Crippen LogP contribution in [0.25, 0.3) is 6.08 Å². The van der Waals surface area contributed by atoms with Crippen molar-refractivity contribution in [2.75, 3.05) is 0 Å². The maximum absolute atomic E-state index is 10.0. The summed E-state index contributed by atoms with van der Waals surface area (Å²) >= 11 is 11.6. The first kappa shape index (κ1) is 10.3. The van der Waals surface area contributed by atoms with Crippen LogP contribution in [0.1, 0.15) is 12.0 Å². The van der Waals surface area contributed by atoms with Crippen LogP contribution in [0.2, 0.25) is 10.0 Å². The molecule has 0 aliphatic rings.